The van der Waals surface area contributed by atoms with E-state index in [1.165, 1.54) is 0 Å². The second-order valence-corrected chi connectivity index (χ2v) is 2.09. The topological polar surface area (TPSA) is 20.2 Å². The van der Waals surface area contributed by atoms with Crippen molar-refractivity contribution in [1.29, 1.82) is 0 Å². The average molecular weight is 126 g/mol. The molecule has 1 N–H and O–H groups in total. The molecule has 0 bridgehead atoms. The van der Waals surface area contributed by atoms with E-state index in [4.69, 9.17) is 11.5 Å². The van der Waals surface area contributed by atoms with Crippen molar-refractivity contribution in [2.45, 2.75) is 32.1 Å². The Bertz CT molecular complexity index is 81.1. The van der Waals surface area contributed by atoms with Gasteiger partial charge in [0.2, 0.25) is 0 Å². The zero-order chi connectivity index (χ0) is 6.95. The molecule has 0 saturated heterocycles. The van der Waals surface area contributed by atoms with E-state index >= 15 is 0 Å². The Morgan fingerprint density at radius 1 is 1.11 bits per heavy atom. The molecule has 0 heterocycles. The van der Waals surface area contributed by atoms with Crippen LogP contribution in [0, 0.1) is 12.3 Å². The van der Waals surface area contributed by atoms with Crippen LogP contribution in [0.15, 0.2) is 0 Å². The van der Waals surface area contributed by atoms with Crippen molar-refractivity contribution in [2.75, 3.05) is 6.61 Å². The SMILES string of the molecule is C#CCCCCCCO. The van der Waals surface area contributed by atoms with Gasteiger partial charge in [-0.3, -0.25) is 0 Å². The Kier molecular flexibility index (Phi) is 7.12. The molecule has 0 amide bonds. The van der Waals surface area contributed by atoms with Gasteiger partial charge in [-0.1, -0.05) is 12.8 Å². The Balaban J connectivity index is 2.69. The number of hydrogen-bond acceptors (Lipinski definition) is 1. The number of aliphatic hydroxyl groups is 1. The monoisotopic (exact) mass is 126 g/mol. The minimum absolute atomic E-state index is 0.316. The predicted octanol–water partition coefficient (Wildman–Crippen LogP) is 1.56. The van der Waals surface area contributed by atoms with Gasteiger partial charge in [0.25, 0.3) is 0 Å². The molecule has 0 fully saturated rings. The Morgan fingerprint density at radius 2 is 1.78 bits per heavy atom. The van der Waals surface area contributed by atoms with E-state index in [1.807, 2.05) is 0 Å². The lowest BCUT2D eigenvalue weighted by molar-refractivity contribution is 0.282. The lowest BCUT2D eigenvalue weighted by Gasteiger charge is -1.93. The molecular weight excluding hydrogens is 112 g/mol. The summed E-state index contributed by atoms with van der Waals surface area (Å²) in [4.78, 5) is 0. The molecule has 0 aromatic rings. The van der Waals surface area contributed by atoms with Gasteiger partial charge in [0, 0.05) is 13.0 Å². The summed E-state index contributed by atoms with van der Waals surface area (Å²) in [7, 11) is 0. The van der Waals surface area contributed by atoms with Crippen LogP contribution in [0.5, 0.6) is 0 Å². The van der Waals surface area contributed by atoms with E-state index in [-0.39, 0.29) is 0 Å². The molecular formula is C8H14O. The molecule has 0 atom stereocenters. The molecule has 52 valence electrons. The Morgan fingerprint density at radius 3 is 2.33 bits per heavy atom. The average Bonchev–Trinajstić information content (AvgIpc) is 1.89. The smallest absolute Gasteiger partial charge is 0.0431 e. The van der Waals surface area contributed by atoms with Crippen molar-refractivity contribution in [1.82, 2.24) is 0 Å². The van der Waals surface area contributed by atoms with Gasteiger partial charge in [-0.2, -0.15) is 0 Å². The van der Waals surface area contributed by atoms with Gasteiger partial charge in [0.05, 0.1) is 0 Å². The van der Waals surface area contributed by atoms with Crippen LogP contribution in [0.4, 0.5) is 0 Å². The predicted molar refractivity (Wildman–Crippen MR) is 39.0 cm³/mol. The largest absolute Gasteiger partial charge is 0.396 e. The van der Waals surface area contributed by atoms with Crippen LogP contribution in [-0.2, 0) is 0 Å². The fraction of sp³-hybridized carbons (Fsp3) is 0.750. The standard InChI is InChI=1S/C8H14O/c1-2-3-4-5-6-7-8-9/h1,9H,3-8H2. The van der Waals surface area contributed by atoms with Crippen LogP contribution in [0.3, 0.4) is 0 Å². The summed E-state index contributed by atoms with van der Waals surface area (Å²) in [6.07, 6.45) is 10.2. The molecule has 0 aliphatic heterocycles. The number of hydrogen-bond donors (Lipinski definition) is 1. The van der Waals surface area contributed by atoms with Gasteiger partial charge in [0.1, 0.15) is 0 Å². The number of aliphatic hydroxyl groups excluding tert-OH is 1. The van der Waals surface area contributed by atoms with Crippen molar-refractivity contribution in [3.8, 4) is 12.3 Å². The highest BCUT2D eigenvalue weighted by Crippen LogP contribution is 2.00. The van der Waals surface area contributed by atoms with Crippen LogP contribution in [0.2, 0.25) is 0 Å². The first-order chi connectivity index (χ1) is 4.41. The lowest BCUT2D eigenvalue weighted by atomic mass is 10.1. The zero-order valence-electron chi connectivity index (χ0n) is 5.77. The van der Waals surface area contributed by atoms with Crippen LogP contribution in [0.25, 0.3) is 0 Å². The highest BCUT2D eigenvalue weighted by molar-refractivity contribution is 4.82. The van der Waals surface area contributed by atoms with Gasteiger partial charge >= 0.3 is 0 Å². The maximum absolute atomic E-state index is 8.38. The fourth-order valence-corrected chi connectivity index (χ4v) is 0.692. The molecule has 0 aromatic heterocycles. The van der Waals surface area contributed by atoms with Crippen molar-refractivity contribution in [3.05, 3.63) is 0 Å². The van der Waals surface area contributed by atoms with E-state index < -0.39 is 0 Å². The Hall–Kier alpha value is -0.480. The van der Waals surface area contributed by atoms with Crippen LogP contribution < -0.4 is 0 Å². The zero-order valence-corrected chi connectivity index (χ0v) is 5.77. The number of rotatable bonds is 5. The quantitative estimate of drug-likeness (QED) is 0.438. The second-order valence-electron chi connectivity index (χ2n) is 2.09. The number of terminal acetylenes is 1. The van der Waals surface area contributed by atoms with Gasteiger partial charge < -0.3 is 5.11 Å². The summed E-state index contributed by atoms with van der Waals surface area (Å²) in [5.74, 6) is 2.58. The second kappa shape index (κ2) is 7.52. The summed E-state index contributed by atoms with van der Waals surface area (Å²) in [6.45, 7) is 0.316. The van der Waals surface area contributed by atoms with Gasteiger partial charge in [-0.15, -0.1) is 12.3 Å². The molecule has 9 heavy (non-hydrogen) atoms. The third-order valence-electron chi connectivity index (χ3n) is 1.23. The molecule has 0 radical (unpaired) electrons. The molecule has 0 rings (SSSR count). The summed E-state index contributed by atoms with van der Waals surface area (Å²) >= 11 is 0. The minimum Gasteiger partial charge on any atom is -0.396 e. The first kappa shape index (κ1) is 8.52. The van der Waals surface area contributed by atoms with Gasteiger partial charge in [-0.05, 0) is 12.8 Å². The van der Waals surface area contributed by atoms with Gasteiger partial charge in [-0.25, -0.2) is 0 Å². The van der Waals surface area contributed by atoms with E-state index in [1.54, 1.807) is 0 Å². The molecule has 0 unspecified atom stereocenters. The maximum Gasteiger partial charge on any atom is 0.0431 e. The summed E-state index contributed by atoms with van der Waals surface area (Å²) in [5, 5.41) is 8.38. The lowest BCUT2D eigenvalue weighted by Crippen LogP contribution is -1.82. The molecule has 0 spiro atoms. The van der Waals surface area contributed by atoms with Crippen LogP contribution >= 0.6 is 0 Å². The van der Waals surface area contributed by atoms with Crippen molar-refractivity contribution < 1.29 is 5.11 Å². The first-order valence-corrected chi connectivity index (χ1v) is 3.46. The molecule has 0 aromatic carbocycles. The van der Waals surface area contributed by atoms with Gasteiger partial charge in [0.15, 0.2) is 0 Å². The van der Waals surface area contributed by atoms with Crippen molar-refractivity contribution in [2.24, 2.45) is 0 Å². The normalized spacial score (nSPS) is 8.89. The maximum atomic E-state index is 8.38. The molecule has 1 heteroatoms. The number of unbranched alkanes of at least 4 members (excludes halogenated alkanes) is 4. The summed E-state index contributed by atoms with van der Waals surface area (Å²) in [5.41, 5.74) is 0. The van der Waals surface area contributed by atoms with Crippen molar-refractivity contribution >= 4 is 0 Å². The summed E-state index contributed by atoms with van der Waals surface area (Å²) in [6, 6.07) is 0. The first-order valence-electron chi connectivity index (χ1n) is 3.46. The van der Waals surface area contributed by atoms with E-state index in [0.29, 0.717) is 6.61 Å². The van der Waals surface area contributed by atoms with Crippen LogP contribution in [-0.4, -0.2) is 11.7 Å². The minimum atomic E-state index is 0.316. The highest BCUT2D eigenvalue weighted by atomic mass is 16.2. The van der Waals surface area contributed by atoms with Crippen LogP contribution in [0.1, 0.15) is 32.1 Å². The third kappa shape index (κ3) is 7.52. The molecule has 0 aliphatic carbocycles. The molecule has 0 aliphatic rings. The molecule has 1 nitrogen and oxygen atoms in total. The van der Waals surface area contributed by atoms with E-state index in [2.05, 4.69) is 5.92 Å². The fourth-order valence-electron chi connectivity index (χ4n) is 0.692. The third-order valence-corrected chi connectivity index (χ3v) is 1.23. The molecule has 0 saturated carbocycles. The highest BCUT2D eigenvalue weighted by Gasteiger charge is 1.85. The summed E-state index contributed by atoms with van der Waals surface area (Å²) < 4.78 is 0. The van der Waals surface area contributed by atoms with E-state index in [9.17, 15) is 0 Å². The van der Waals surface area contributed by atoms with E-state index in [0.717, 1.165) is 32.1 Å². The Labute approximate surface area is 57.1 Å². The van der Waals surface area contributed by atoms with Crippen molar-refractivity contribution in [3.63, 3.8) is 0 Å².